The first kappa shape index (κ1) is 15.0. The molecule has 1 aromatic heterocycles. The van der Waals surface area contributed by atoms with E-state index in [0.29, 0.717) is 25.5 Å². The molecular weight excluding hydrogens is 258 g/mol. The standard InChI is InChI=1S/C14H23N3O3/c1-4-6-10-7-12(17(3)16-10)14(18)15-11-8-19-9-13(11)20-5-2/h7,11,13H,4-6,8-9H2,1-3H3,(H,15,18)/t11-,13-/m0/s1. The van der Waals surface area contributed by atoms with E-state index >= 15 is 0 Å². The summed E-state index contributed by atoms with van der Waals surface area (Å²) in [5.41, 5.74) is 1.53. The third-order valence-electron chi connectivity index (χ3n) is 3.39. The molecule has 112 valence electrons. The minimum Gasteiger partial charge on any atom is -0.376 e. The molecule has 0 radical (unpaired) electrons. The van der Waals surface area contributed by atoms with Gasteiger partial charge in [-0.15, -0.1) is 0 Å². The molecular formula is C14H23N3O3. The normalized spacial score (nSPS) is 22.1. The molecule has 1 N–H and O–H groups in total. The van der Waals surface area contributed by atoms with Gasteiger partial charge in [-0.1, -0.05) is 13.3 Å². The van der Waals surface area contributed by atoms with E-state index in [1.54, 1.807) is 11.7 Å². The second-order valence-electron chi connectivity index (χ2n) is 5.01. The van der Waals surface area contributed by atoms with Gasteiger partial charge in [-0.3, -0.25) is 9.48 Å². The van der Waals surface area contributed by atoms with Gasteiger partial charge >= 0.3 is 0 Å². The Morgan fingerprint density at radius 3 is 3.05 bits per heavy atom. The van der Waals surface area contributed by atoms with Crippen LogP contribution in [-0.2, 0) is 22.9 Å². The van der Waals surface area contributed by atoms with Crippen molar-refractivity contribution in [1.82, 2.24) is 15.1 Å². The van der Waals surface area contributed by atoms with Crippen LogP contribution in [0.2, 0.25) is 0 Å². The molecule has 1 aromatic rings. The van der Waals surface area contributed by atoms with Crippen LogP contribution in [0.15, 0.2) is 6.07 Å². The topological polar surface area (TPSA) is 65.4 Å². The maximum atomic E-state index is 12.3. The average Bonchev–Trinajstić information content (AvgIpc) is 2.98. The summed E-state index contributed by atoms with van der Waals surface area (Å²) in [5.74, 6) is -0.123. The molecule has 0 spiro atoms. The molecule has 6 nitrogen and oxygen atoms in total. The van der Waals surface area contributed by atoms with E-state index in [1.807, 2.05) is 13.0 Å². The van der Waals surface area contributed by atoms with E-state index in [1.165, 1.54) is 0 Å². The van der Waals surface area contributed by atoms with Crippen molar-refractivity contribution in [3.63, 3.8) is 0 Å². The highest BCUT2D eigenvalue weighted by Crippen LogP contribution is 2.12. The van der Waals surface area contributed by atoms with Gasteiger partial charge in [-0.2, -0.15) is 5.10 Å². The largest absolute Gasteiger partial charge is 0.376 e. The number of aryl methyl sites for hydroxylation is 2. The minimum absolute atomic E-state index is 0.0627. The van der Waals surface area contributed by atoms with E-state index < -0.39 is 0 Å². The number of ether oxygens (including phenoxy) is 2. The Hall–Kier alpha value is -1.40. The van der Waals surface area contributed by atoms with Crippen molar-refractivity contribution in [3.05, 3.63) is 17.5 Å². The number of hydrogen-bond donors (Lipinski definition) is 1. The summed E-state index contributed by atoms with van der Waals surface area (Å²) in [6, 6.07) is 1.76. The Kier molecular flexibility index (Phi) is 5.14. The third-order valence-corrected chi connectivity index (χ3v) is 3.39. The van der Waals surface area contributed by atoms with Crippen LogP contribution in [0.1, 0.15) is 36.5 Å². The van der Waals surface area contributed by atoms with Crippen LogP contribution in [0, 0.1) is 0 Å². The number of rotatable bonds is 6. The summed E-state index contributed by atoms with van der Waals surface area (Å²) in [5, 5.41) is 7.32. The smallest absolute Gasteiger partial charge is 0.269 e. The summed E-state index contributed by atoms with van der Waals surface area (Å²) < 4.78 is 12.6. The Balaban J connectivity index is 2.00. The fourth-order valence-corrected chi connectivity index (χ4v) is 2.41. The molecule has 1 saturated heterocycles. The van der Waals surface area contributed by atoms with Gasteiger partial charge in [0.2, 0.25) is 0 Å². The molecule has 6 heteroatoms. The van der Waals surface area contributed by atoms with E-state index in [0.717, 1.165) is 18.5 Å². The molecule has 1 aliphatic heterocycles. The fourth-order valence-electron chi connectivity index (χ4n) is 2.41. The van der Waals surface area contributed by atoms with Crippen LogP contribution in [0.25, 0.3) is 0 Å². The highest BCUT2D eigenvalue weighted by atomic mass is 16.5. The SMILES string of the molecule is CCCc1cc(C(=O)N[C@H]2COC[C@@H]2OCC)n(C)n1. The molecule has 0 saturated carbocycles. The first-order valence-corrected chi connectivity index (χ1v) is 7.18. The third kappa shape index (κ3) is 3.37. The number of carbonyl (C=O) groups excluding carboxylic acids is 1. The zero-order chi connectivity index (χ0) is 14.5. The molecule has 0 aliphatic carbocycles. The lowest BCUT2D eigenvalue weighted by Gasteiger charge is -2.18. The fraction of sp³-hybridized carbons (Fsp3) is 0.714. The summed E-state index contributed by atoms with van der Waals surface area (Å²) in [7, 11) is 1.79. The predicted octanol–water partition coefficient (Wildman–Crippen LogP) is 0.906. The van der Waals surface area contributed by atoms with Crippen molar-refractivity contribution >= 4 is 5.91 Å². The van der Waals surface area contributed by atoms with Crippen molar-refractivity contribution in [3.8, 4) is 0 Å². The molecule has 1 fully saturated rings. The predicted molar refractivity (Wildman–Crippen MR) is 74.7 cm³/mol. The van der Waals surface area contributed by atoms with E-state index in [-0.39, 0.29) is 18.1 Å². The van der Waals surface area contributed by atoms with Gasteiger partial charge < -0.3 is 14.8 Å². The van der Waals surface area contributed by atoms with Crippen LogP contribution < -0.4 is 5.32 Å². The molecule has 2 atom stereocenters. The van der Waals surface area contributed by atoms with Gasteiger partial charge in [0.25, 0.3) is 5.91 Å². The number of nitrogens with one attached hydrogen (secondary N) is 1. The maximum Gasteiger partial charge on any atom is 0.269 e. The van der Waals surface area contributed by atoms with Crippen LogP contribution in [-0.4, -0.2) is 47.7 Å². The number of amides is 1. The summed E-state index contributed by atoms with van der Waals surface area (Å²) in [4.78, 5) is 12.3. The summed E-state index contributed by atoms with van der Waals surface area (Å²) in [6.45, 7) is 5.68. The van der Waals surface area contributed by atoms with Crippen molar-refractivity contribution in [2.45, 2.75) is 38.8 Å². The Morgan fingerprint density at radius 1 is 1.55 bits per heavy atom. The van der Waals surface area contributed by atoms with Crippen molar-refractivity contribution in [2.75, 3.05) is 19.8 Å². The van der Waals surface area contributed by atoms with Crippen molar-refractivity contribution in [2.24, 2.45) is 7.05 Å². The van der Waals surface area contributed by atoms with Gasteiger partial charge in [0.1, 0.15) is 11.8 Å². The second-order valence-corrected chi connectivity index (χ2v) is 5.01. The second kappa shape index (κ2) is 6.85. The molecule has 1 amide bonds. The van der Waals surface area contributed by atoms with Gasteiger partial charge in [0.05, 0.1) is 24.9 Å². The molecule has 0 bridgehead atoms. The molecule has 20 heavy (non-hydrogen) atoms. The molecule has 0 aromatic carbocycles. The monoisotopic (exact) mass is 281 g/mol. The molecule has 1 aliphatic rings. The Bertz CT molecular complexity index is 459. The lowest BCUT2D eigenvalue weighted by atomic mass is 10.2. The number of aromatic nitrogens is 2. The van der Waals surface area contributed by atoms with Crippen LogP contribution in [0.5, 0.6) is 0 Å². The quantitative estimate of drug-likeness (QED) is 0.841. The van der Waals surface area contributed by atoms with Crippen LogP contribution in [0.4, 0.5) is 0 Å². The first-order valence-electron chi connectivity index (χ1n) is 7.18. The van der Waals surface area contributed by atoms with Gasteiger partial charge in [-0.25, -0.2) is 0 Å². The zero-order valence-corrected chi connectivity index (χ0v) is 12.4. The van der Waals surface area contributed by atoms with Crippen molar-refractivity contribution < 1.29 is 14.3 Å². The maximum absolute atomic E-state index is 12.3. The average molecular weight is 281 g/mol. The molecule has 2 rings (SSSR count). The van der Waals surface area contributed by atoms with Gasteiger partial charge in [0, 0.05) is 13.7 Å². The number of nitrogens with zero attached hydrogens (tertiary/aromatic N) is 2. The van der Waals surface area contributed by atoms with E-state index in [9.17, 15) is 4.79 Å². The lowest BCUT2D eigenvalue weighted by molar-refractivity contribution is 0.0401. The highest BCUT2D eigenvalue weighted by molar-refractivity contribution is 5.92. The van der Waals surface area contributed by atoms with E-state index in [2.05, 4.69) is 17.3 Å². The first-order chi connectivity index (χ1) is 9.65. The van der Waals surface area contributed by atoms with Gasteiger partial charge in [-0.05, 0) is 19.4 Å². The molecule has 2 heterocycles. The Labute approximate surface area is 119 Å². The van der Waals surface area contributed by atoms with Crippen LogP contribution in [0.3, 0.4) is 0 Å². The summed E-state index contributed by atoms with van der Waals surface area (Å²) in [6.07, 6.45) is 1.84. The zero-order valence-electron chi connectivity index (χ0n) is 12.4. The lowest BCUT2D eigenvalue weighted by Crippen LogP contribution is -2.44. The van der Waals surface area contributed by atoms with Crippen molar-refractivity contribution in [1.29, 1.82) is 0 Å². The number of carbonyl (C=O) groups is 1. The Morgan fingerprint density at radius 2 is 2.35 bits per heavy atom. The van der Waals surface area contributed by atoms with Gasteiger partial charge in [0.15, 0.2) is 0 Å². The summed E-state index contributed by atoms with van der Waals surface area (Å²) >= 11 is 0. The minimum atomic E-state index is -0.123. The van der Waals surface area contributed by atoms with E-state index in [4.69, 9.17) is 9.47 Å². The van der Waals surface area contributed by atoms with Crippen LogP contribution >= 0.6 is 0 Å². The number of hydrogen-bond acceptors (Lipinski definition) is 4. The molecule has 0 unspecified atom stereocenters. The highest BCUT2D eigenvalue weighted by Gasteiger charge is 2.30.